The number of nitrogens with one attached hydrogen (secondary N) is 2. The predicted octanol–water partition coefficient (Wildman–Crippen LogP) is 5.75. The van der Waals surface area contributed by atoms with Gasteiger partial charge < -0.3 is 14.8 Å². The number of allylic oxidation sites excluding steroid dienone is 2. The number of hydrogen-bond donors (Lipinski definition) is 2. The number of thioether (sulfide) groups is 1. The summed E-state index contributed by atoms with van der Waals surface area (Å²) in [7, 11) is 3.57. The molecule has 0 amide bonds. The fourth-order valence-corrected chi connectivity index (χ4v) is 4.24. The third kappa shape index (κ3) is 5.48. The zero-order valence-electron chi connectivity index (χ0n) is 20.5. The summed E-state index contributed by atoms with van der Waals surface area (Å²) >= 11 is 1.16. The van der Waals surface area contributed by atoms with Crippen LogP contribution in [0.1, 0.15) is 31.2 Å². The Bertz CT molecular complexity index is 1320. The van der Waals surface area contributed by atoms with Crippen molar-refractivity contribution in [2.45, 2.75) is 31.6 Å². The van der Waals surface area contributed by atoms with Crippen molar-refractivity contribution in [1.82, 2.24) is 19.7 Å². The number of amidine groups is 1. The van der Waals surface area contributed by atoms with Crippen LogP contribution in [0.3, 0.4) is 0 Å². The Morgan fingerprint density at radius 2 is 2.03 bits per heavy atom. The van der Waals surface area contributed by atoms with Crippen LogP contribution < -0.4 is 10.2 Å². The molecule has 3 aromatic rings. The van der Waals surface area contributed by atoms with Crippen molar-refractivity contribution in [2.75, 3.05) is 23.5 Å². The van der Waals surface area contributed by atoms with Gasteiger partial charge in [0, 0.05) is 54.2 Å². The molecule has 1 fully saturated rings. The summed E-state index contributed by atoms with van der Waals surface area (Å²) in [5.41, 5.74) is 3.46. The number of anilines is 2. The van der Waals surface area contributed by atoms with Gasteiger partial charge in [0.1, 0.15) is 23.3 Å². The molecule has 1 aliphatic rings. The molecule has 0 radical (unpaired) electrons. The smallest absolute Gasteiger partial charge is 0.153 e. The monoisotopic (exact) mass is 497 g/mol. The van der Waals surface area contributed by atoms with E-state index in [1.54, 1.807) is 26.6 Å². The molecule has 35 heavy (non-hydrogen) atoms. The lowest BCUT2D eigenvalue weighted by atomic mass is 10.0. The first-order chi connectivity index (χ1) is 16.7. The second kappa shape index (κ2) is 10.1. The van der Waals surface area contributed by atoms with Crippen LogP contribution in [0.25, 0.3) is 5.57 Å². The minimum Gasteiger partial charge on any atom is -0.340 e. The molecule has 0 aliphatic heterocycles. The molecule has 1 aliphatic carbocycles. The highest BCUT2D eigenvalue weighted by atomic mass is 32.2. The Hall–Kier alpha value is -3.40. The maximum absolute atomic E-state index is 14.8. The number of aromatic amines is 1. The average Bonchev–Trinajstić information content (AvgIpc) is 3.42. The fourth-order valence-electron chi connectivity index (χ4n) is 3.76. The quantitative estimate of drug-likeness (QED) is 0.179. The Kier molecular flexibility index (Phi) is 7.11. The molecule has 0 atom stereocenters. The summed E-state index contributed by atoms with van der Waals surface area (Å²) in [6.45, 7) is 7.99. The highest BCUT2D eigenvalue weighted by molar-refractivity contribution is 7.98. The van der Waals surface area contributed by atoms with Gasteiger partial charge in [-0.1, -0.05) is 6.58 Å². The van der Waals surface area contributed by atoms with E-state index in [4.69, 9.17) is 4.99 Å². The average molecular weight is 498 g/mol. The van der Waals surface area contributed by atoms with E-state index in [1.807, 2.05) is 30.8 Å². The minimum atomic E-state index is -0.519. The van der Waals surface area contributed by atoms with E-state index in [0.717, 1.165) is 47.1 Å². The molecule has 0 bridgehead atoms. The van der Waals surface area contributed by atoms with Crippen molar-refractivity contribution in [3.8, 4) is 0 Å². The molecule has 0 spiro atoms. The van der Waals surface area contributed by atoms with Crippen LogP contribution in [-0.2, 0) is 7.05 Å². The van der Waals surface area contributed by atoms with Gasteiger partial charge in [-0.3, -0.25) is 5.10 Å². The van der Waals surface area contributed by atoms with Gasteiger partial charge in [-0.15, -0.1) is 11.8 Å². The van der Waals surface area contributed by atoms with Crippen LogP contribution in [0.4, 0.5) is 20.3 Å². The molecule has 4 rings (SSSR count). The lowest BCUT2D eigenvalue weighted by molar-refractivity contribution is 0.578. The number of aliphatic imine (C=N–C) groups is 1. The molecule has 7 nitrogen and oxygen atoms in total. The van der Waals surface area contributed by atoms with E-state index < -0.39 is 11.6 Å². The molecule has 0 saturated heterocycles. The lowest BCUT2D eigenvalue weighted by Crippen LogP contribution is -2.25. The van der Waals surface area contributed by atoms with Gasteiger partial charge in [0.15, 0.2) is 5.82 Å². The molecule has 2 N–H and O–H groups in total. The number of halogens is 2. The molecule has 0 unspecified atom stereocenters. The topological polar surface area (TPSA) is 74.1 Å². The number of rotatable bonds is 8. The number of benzene rings is 1. The van der Waals surface area contributed by atoms with Crippen LogP contribution in [0.2, 0.25) is 0 Å². The van der Waals surface area contributed by atoms with E-state index in [2.05, 4.69) is 27.1 Å². The van der Waals surface area contributed by atoms with Gasteiger partial charge in [-0.05, 0) is 44.9 Å². The van der Waals surface area contributed by atoms with Gasteiger partial charge in [0.25, 0.3) is 0 Å². The van der Waals surface area contributed by atoms with Crippen molar-refractivity contribution in [1.29, 1.82) is 0 Å². The first-order valence-electron chi connectivity index (χ1n) is 11.2. The van der Waals surface area contributed by atoms with Gasteiger partial charge in [0.05, 0.1) is 17.7 Å². The Morgan fingerprint density at radius 1 is 1.29 bits per heavy atom. The van der Waals surface area contributed by atoms with E-state index in [0.29, 0.717) is 17.5 Å². The third-order valence-corrected chi connectivity index (χ3v) is 6.63. The number of H-pyrrole nitrogens is 1. The van der Waals surface area contributed by atoms with Gasteiger partial charge in [-0.2, -0.15) is 5.10 Å². The number of aromatic nitrogens is 4. The summed E-state index contributed by atoms with van der Waals surface area (Å²) in [5.74, 6) is 0.905. The SMILES string of the molecule is C=C(/C(=C(\N=C(/C)N(C)c1cc(F)c(SC)cc1F)Nc1cc(C)[nH]n1)C1CC1)c1cn(C)cn1. The van der Waals surface area contributed by atoms with Crippen molar-refractivity contribution < 1.29 is 8.78 Å². The Balaban J connectivity index is 1.78. The maximum Gasteiger partial charge on any atom is 0.153 e. The fraction of sp³-hybridized carbons (Fsp3) is 0.320. The molecule has 2 heterocycles. The maximum atomic E-state index is 14.8. The van der Waals surface area contributed by atoms with Crippen LogP contribution in [0.5, 0.6) is 0 Å². The summed E-state index contributed by atoms with van der Waals surface area (Å²) < 4.78 is 31.1. The summed E-state index contributed by atoms with van der Waals surface area (Å²) in [5, 5.41) is 10.5. The highest BCUT2D eigenvalue weighted by Gasteiger charge is 2.32. The van der Waals surface area contributed by atoms with Gasteiger partial charge >= 0.3 is 0 Å². The second-order valence-corrected chi connectivity index (χ2v) is 9.50. The lowest BCUT2D eigenvalue weighted by Gasteiger charge is -2.22. The van der Waals surface area contributed by atoms with E-state index in [9.17, 15) is 8.78 Å². The van der Waals surface area contributed by atoms with Gasteiger partial charge in [0.2, 0.25) is 0 Å². The zero-order valence-corrected chi connectivity index (χ0v) is 21.3. The largest absolute Gasteiger partial charge is 0.340 e. The van der Waals surface area contributed by atoms with Crippen LogP contribution in [0.15, 0.2) is 58.6 Å². The minimum absolute atomic E-state index is 0.105. The number of nitrogens with zero attached hydrogens (tertiary/aromatic N) is 5. The predicted molar refractivity (Wildman–Crippen MR) is 139 cm³/mol. The Morgan fingerprint density at radius 3 is 2.60 bits per heavy atom. The van der Waals surface area contributed by atoms with Crippen molar-refractivity contribution in [2.24, 2.45) is 18.0 Å². The molecular formula is C25H29F2N7S. The summed E-state index contributed by atoms with van der Waals surface area (Å²) in [4.78, 5) is 11.1. The second-order valence-electron chi connectivity index (χ2n) is 8.66. The molecule has 1 saturated carbocycles. The van der Waals surface area contributed by atoms with Crippen LogP contribution >= 0.6 is 11.8 Å². The molecule has 10 heteroatoms. The normalized spacial score (nSPS) is 14.7. The first-order valence-corrected chi connectivity index (χ1v) is 12.4. The summed E-state index contributed by atoms with van der Waals surface area (Å²) in [6, 6.07) is 4.28. The van der Waals surface area contributed by atoms with Gasteiger partial charge in [-0.25, -0.2) is 18.8 Å². The van der Waals surface area contributed by atoms with Crippen molar-refractivity contribution in [3.05, 3.63) is 71.7 Å². The van der Waals surface area contributed by atoms with E-state index >= 15 is 0 Å². The Labute approximate surface area is 208 Å². The highest BCUT2D eigenvalue weighted by Crippen LogP contribution is 2.44. The molecular weight excluding hydrogens is 468 g/mol. The van der Waals surface area contributed by atoms with Crippen molar-refractivity contribution >= 4 is 34.7 Å². The number of aryl methyl sites for hydroxylation is 2. The van der Waals surface area contributed by atoms with Crippen LogP contribution in [-0.4, -0.2) is 38.9 Å². The number of hydrogen-bond acceptors (Lipinski definition) is 5. The standard InChI is InChI=1S/C25H29F2N7S/c1-14-9-23(32-31-14)30-25(24(17-7-8-17)15(2)20-12-33(4)13-28-20)29-16(3)34(5)21-10-19(27)22(35-6)11-18(21)26/h9-13,17H,2,7-8H2,1,3-6H3,(H2,30,31,32)/b25-24-,29-16+. The first kappa shape index (κ1) is 24.7. The van der Waals surface area contributed by atoms with Crippen LogP contribution in [0, 0.1) is 24.5 Å². The zero-order chi connectivity index (χ0) is 25.3. The molecule has 184 valence electrons. The van der Waals surface area contributed by atoms with E-state index in [-0.39, 0.29) is 16.5 Å². The molecule has 1 aromatic carbocycles. The number of imidazole rings is 1. The van der Waals surface area contributed by atoms with E-state index in [1.165, 1.54) is 17.0 Å². The molecule has 2 aromatic heterocycles. The van der Waals surface area contributed by atoms with Crippen molar-refractivity contribution in [3.63, 3.8) is 0 Å². The third-order valence-electron chi connectivity index (χ3n) is 5.87. The summed E-state index contributed by atoms with van der Waals surface area (Å²) in [6.07, 6.45) is 7.36.